The molecule has 1 aliphatic heterocycles. The Bertz CT molecular complexity index is 406. The van der Waals surface area contributed by atoms with Gasteiger partial charge in [-0.05, 0) is 36.6 Å². The molecule has 106 valence electrons. The molecule has 0 saturated carbocycles. The Kier molecular flexibility index (Phi) is 5.05. The maximum Gasteiger partial charge on any atom is 0.161 e. The molecule has 1 heterocycles. The highest BCUT2D eigenvalue weighted by atomic mass is 16.6. The Morgan fingerprint density at radius 3 is 2.68 bits per heavy atom. The van der Waals surface area contributed by atoms with Gasteiger partial charge < -0.3 is 19.9 Å². The van der Waals surface area contributed by atoms with Crippen LogP contribution in [0.3, 0.4) is 0 Å². The third kappa shape index (κ3) is 4.11. The fraction of sp³-hybridized carbons (Fsp3) is 0.600. The fourth-order valence-corrected chi connectivity index (χ4v) is 2.01. The van der Waals surface area contributed by atoms with E-state index in [0.717, 1.165) is 30.0 Å². The van der Waals surface area contributed by atoms with Crippen LogP contribution in [0.4, 0.5) is 0 Å². The molecular formula is C15H23NO3. The van der Waals surface area contributed by atoms with E-state index in [4.69, 9.17) is 9.47 Å². The predicted molar refractivity (Wildman–Crippen MR) is 74.7 cm³/mol. The lowest BCUT2D eigenvalue weighted by Crippen LogP contribution is -2.23. The van der Waals surface area contributed by atoms with E-state index in [1.807, 2.05) is 18.2 Å². The second kappa shape index (κ2) is 6.78. The van der Waals surface area contributed by atoms with Crippen molar-refractivity contribution in [1.82, 2.24) is 5.32 Å². The third-order valence-corrected chi connectivity index (χ3v) is 3.19. The molecule has 0 spiro atoms. The van der Waals surface area contributed by atoms with Crippen LogP contribution < -0.4 is 14.8 Å². The van der Waals surface area contributed by atoms with Crippen molar-refractivity contribution >= 4 is 0 Å². The first-order valence-corrected chi connectivity index (χ1v) is 6.95. The van der Waals surface area contributed by atoms with Gasteiger partial charge in [0.1, 0.15) is 13.2 Å². The number of aliphatic hydroxyl groups is 1. The molecule has 0 radical (unpaired) electrons. The first kappa shape index (κ1) is 14.2. The summed E-state index contributed by atoms with van der Waals surface area (Å²) in [5, 5.41) is 13.4. The molecular weight excluding hydrogens is 242 g/mol. The van der Waals surface area contributed by atoms with E-state index in [0.29, 0.717) is 25.7 Å². The van der Waals surface area contributed by atoms with Gasteiger partial charge in [-0.1, -0.05) is 19.9 Å². The van der Waals surface area contributed by atoms with Crippen LogP contribution in [-0.2, 0) is 0 Å². The summed E-state index contributed by atoms with van der Waals surface area (Å²) in [4.78, 5) is 0. The van der Waals surface area contributed by atoms with Crippen LogP contribution in [0.5, 0.6) is 11.5 Å². The lowest BCUT2D eigenvalue weighted by molar-refractivity contribution is 0.163. The minimum absolute atomic E-state index is 0.511. The van der Waals surface area contributed by atoms with Crippen molar-refractivity contribution in [2.24, 2.45) is 5.92 Å². The van der Waals surface area contributed by atoms with Crippen molar-refractivity contribution in [2.45, 2.75) is 26.4 Å². The smallest absolute Gasteiger partial charge is 0.161 e. The van der Waals surface area contributed by atoms with Crippen LogP contribution in [0.25, 0.3) is 0 Å². The lowest BCUT2D eigenvalue weighted by Gasteiger charge is -2.20. The van der Waals surface area contributed by atoms with Gasteiger partial charge >= 0.3 is 0 Å². The van der Waals surface area contributed by atoms with Crippen LogP contribution in [-0.4, -0.2) is 31.4 Å². The maximum atomic E-state index is 10.1. The van der Waals surface area contributed by atoms with Crippen molar-refractivity contribution in [2.75, 3.05) is 26.3 Å². The molecule has 0 aromatic heterocycles. The highest BCUT2D eigenvalue weighted by molar-refractivity contribution is 5.44. The summed E-state index contributed by atoms with van der Waals surface area (Å²) in [7, 11) is 0. The quantitative estimate of drug-likeness (QED) is 0.774. The molecule has 0 fully saturated rings. The van der Waals surface area contributed by atoms with E-state index in [9.17, 15) is 5.11 Å². The molecule has 19 heavy (non-hydrogen) atoms. The van der Waals surface area contributed by atoms with Crippen LogP contribution >= 0.6 is 0 Å². The largest absolute Gasteiger partial charge is 0.486 e. The van der Waals surface area contributed by atoms with Crippen molar-refractivity contribution in [3.63, 3.8) is 0 Å². The van der Waals surface area contributed by atoms with Gasteiger partial charge in [-0.25, -0.2) is 0 Å². The van der Waals surface area contributed by atoms with E-state index in [2.05, 4.69) is 19.2 Å². The van der Waals surface area contributed by atoms with Crippen molar-refractivity contribution in [3.8, 4) is 11.5 Å². The van der Waals surface area contributed by atoms with Gasteiger partial charge in [0.05, 0.1) is 6.10 Å². The molecule has 0 aliphatic carbocycles. The van der Waals surface area contributed by atoms with Gasteiger partial charge in [0.15, 0.2) is 11.5 Å². The number of fused-ring (bicyclic) bond motifs is 1. The second-order valence-electron chi connectivity index (χ2n) is 5.31. The van der Waals surface area contributed by atoms with Crippen LogP contribution in [0.1, 0.15) is 31.9 Å². The average Bonchev–Trinajstić information content (AvgIpc) is 2.42. The number of hydrogen-bond acceptors (Lipinski definition) is 4. The molecule has 4 nitrogen and oxygen atoms in total. The van der Waals surface area contributed by atoms with Crippen molar-refractivity contribution < 1.29 is 14.6 Å². The van der Waals surface area contributed by atoms with E-state index in [1.54, 1.807) is 0 Å². The molecule has 2 rings (SSSR count). The van der Waals surface area contributed by atoms with Gasteiger partial charge in [0.25, 0.3) is 0 Å². The summed E-state index contributed by atoms with van der Waals surface area (Å²) in [6, 6.07) is 5.62. The van der Waals surface area contributed by atoms with Crippen LogP contribution in [0.2, 0.25) is 0 Å². The maximum absolute atomic E-state index is 10.1. The highest BCUT2D eigenvalue weighted by Crippen LogP contribution is 2.32. The molecule has 2 N–H and O–H groups in total. The summed E-state index contributed by atoms with van der Waals surface area (Å²) in [6.07, 6.45) is 0.608. The Balaban J connectivity index is 1.86. The van der Waals surface area contributed by atoms with Gasteiger partial charge in [-0.15, -0.1) is 0 Å². The Labute approximate surface area is 114 Å². The molecule has 1 aromatic carbocycles. The molecule has 1 aromatic rings. The second-order valence-corrected chi connectivity index (χ2v) is 5.31. The Hall–Kier alpha value is -1.26. The zero-order valence-corrected chi connectivity index (χ0v) is 11.7. The van der Waals surface area contributed by atoms with E-state index in [1.165, 1.54) is 0 Å². The molecule has 1 atom stereocenters. The van der Waals surface area contributed by atoms with Gasteiger partial charge in [-0.3, -0.25) is 0 Å². The van der Waals surface area contributed by atoms with Gasteiger partial charge in [-0.2, -0.15) is 0 Å². The van der Waals surface area contributed by atoms with E-state index < -0.39 is 6.10 Å². The summed E-state index contributed by atoms with van der Waals surface area (Å²) >= 11 is 0. The zero-order valence-electron chi connectivity index (χ0n) is 11.7. The average molecular weight is 265 g/mol. The SMILES string of the molecule is CC(C)CCNCC(O)c1ccc2c(c1)OCCO2. The number of ether oxygens (including phenoxy) is 2. The third-order valence-electron chi connectivity index (χ3n) is 3.19. The topological polar surface area (TPSA) is 50.7 Å². The predicted octanol–water partition coefficient (Wildman–Crippen LogP) is 2.13. The van der Waals surface area contributed by atoms with Gasteiger partial charge in [0, 0.05) is 6.54 Å². The molecule has 0 bridgehead atoms. The zero-order chi connectivity index (χ0) is 13.7. The van der Waals surface area contributed by atoms with E-state index >= 15 is 0 Å². The van der Waals surface area contributed by atoms with Gasteiger partial charge in [0.2, 0.25) is 0 Å². The standard InChI is InChI=1S/C15H23NO3/c1-11(2)5-6-16-10-13(17)12-3-4-14-15(9-12)19-8-7-18-14/h3-4,9,11,13,16-17H,5-8,10H2,1-2H3. The number of rotatable bonds is 6. The lowest BCUT2D eigenvalue weighted by atomic mass is 10.1. The summed E-state index contributed by atoms with van der Waals surface area (Å²) < 4.78 is 11.0. The molecule has 0 amide bonds. The first-order chi connectivity index (χ1) is 9.16. The summed E-state index contributed by atoms with van der Waals surface area (Å²) in [6.45, 7) is 7.04. The van der Waals surface area contributed by atoms with Crippen LogP contribution in [0, 0.1) is 5.92 Å². The van der Waals surface area contributed by atoms with Crippen molar-refractivity contribution in [3.05, 3.63) is 23.8 Å². The molecule has 4 heteroatoms. The first-order valence-electron chi connectivity index (χ1n) is 6.95. The summed E-state index contributed by atoms with van der Waals surface area (Å²) in [5.41, 5.74) is 0.862. The number of nitrogens with one attached hydrogen (secondary N) is 1. The van der Waals surface area contributed by atoms with Crippen LogP contribution in [0.15, 0.2) is 18.2 Å². The molecule has 1 unspecified atom stereocenters. The Morgan fingerprint density at radius 1 is 1.21 bits per heavy atom. The minimum Gasteiger partial charge on any atom is -0.486 e. The molecule has 0 saturated heterocycles. The number of aliphatic hydroxyl groups excluding tert-OH is 1. The Morgan fingerprint density at radius 2 is 1.95 bits per heavy atom. The minimum atomic E-state index is -0.511. The monoisotopic (exact) mass is 265 g/mol. The fourth-order valence-electron chi connectivity index (χ4n) is 2.01. The van der Waals surface area contributed by atoms with E-state index in [-0.39, 0.29) is 0 Å². The normalized spacial score (nSPS) is 15.6. The number of hydrogen-bond donors (Lipinski definition) is 2. The highest BCUT2D eigenvalue weighted by Gasteiger charge is 2.15. The number of benzene rings is 1. The van der Waals surface area contributed by atoms with Crippen molar-refractivity contribution in [1.29, 1.82) is 0 Å². The summed E-state index contributed by atoms with van der Waals surface area (Å²) in [5.74, 6) is 2.17. The molecule has 1 aliphatic rings.